The van der Waals surface area contributed by atoms with Gasteiger partial charge in [-0.1, -0.05) is 24.3 Å². The summed E-state index contributed by atoms with van der Waals surface area (Å²) in [5, 5.41) is 14.2. The van der Waals surface area contributed by atoms with Crippen LogP contribution in [0.15, 0.2) is 40.9 Å². The normalized spacial score (nSPS) is 10.3. The molecule has 2 aromatic carbocycles. The van der Waals surface area contributed by atoms with Crippen molar-refractivity contribution < 1.29 is 4.92 Å². The molecule has 5 heteroatoms. The van der Waals surface area contributed by atoms with Gasteiger partial charge in [-0.3, -0.25) is 10.1 Å². The van der Waals surface area contributed by atoms with E-state index >= 15 is 0 Å². The molecule has 0 aliphatic heterocycles. The van der Waals surface area contributed by atoms with Gasteiger partial charge in [0.15, 0.2) is 0 Å². The number of nitro groups is 1. The molecule has 0 heterocycles. The average Bonchev–Trinajstić information content (AvgIpc) is 2.40. The van der Waals surface area contributed by atoms with Crippen LogP contribution in [0, 0.1) is 24.0 Å². The molecule has 0 saturated carbocycles. The highest BCUT2D eigenvalue weighted by Crippen LogP contribution is 2.31. The number of benzene rings is 2. The van der Waals surface area contributed by atoms with E-state index in [9.17, 15) is 10.1 Å². The number of hydrogen-bond donors (Lipinski definition) is 1. The molecular weight excluding hydrogens is 320 g/mol. The maximum atomic E-state index is 10.9. The molecule has 104 valence electrons. The fraction of sp³-hybridized carbons (Fsp3) is 0.200. The van der Waals surface area contributed by atoms with Gasteiger partial charge in [0.1, 0.15) is 0 Å². The first-order chi connectivity index (χ1) is 9.49. The predicted molar refractivity (Wildman–Crippen MR) is 84.0 cm³/mol. The molecule has 0 aliphatic carbocycles. The van der Waals surface area contributed by atoms with Crippen LogP contribution in [0.25, 0.3) is 0 Å². The third-order valence-electron chi connectivity index (χ3n) is 3.21. The Balaban J connectivity index is 2.21. The first-order valence-electron chi connectivity index (χ1n) is 6.22. The Morgan fingerprint density at radius 3 is 2.55 bits per heavy atom. The summed E-state index contributed by atoms with van der Waals surface area (Å²) in [6, 6.07) is 11.5. The molecule has 0 spiro atoms. The molecule has 2 aromatic rings. The number of aryl methyl sites for hydroxylation is 2. The van der Waals surface area contributed by atoms with Crippen LogP contribution in [-0.4, -0.2) is 4.92 Å². The molecule has 4 nitrogen and oxygen atoms in total. The molecule has 0 unspecified atom stereocenters. The minimum atomic E-state index is -0.370. The molecule has 0 radical (unpaired) electrons. The summed E-state index contributed by atoms with van der Waals surface area (Å²) in [6.07, 6.45) is 0. The van der Waals surface area contributed by atoms with Gasteiger partial charge in [0.25, 0.3) is 5.69 Å². The topological polar surface area (TPSA) is 55.2 Å². The molecule has 20 heavy (non-hydrogen) atoms. The maximum Gasteiger partial charge on any atom is 0.273 e. The Labute approximate surface area is 126 Å². The number of nitro benzene ring substituents is 1. The van der Waals surface area contributed by atoms with Gasteiger partial charge >= 0.3 is 0 Å². The highest BCUT2D eigenvalue weighted by molar-refractivity contribution is 9.10. The first-order valence-corrected chi connectivity index (χ1v) is 7.01. The van der Waals surface area contributed by atoms with Crippen LogP contribution in [0.2, 0.25) is 0 Å². The number of nitrogens with one attached hydrogen (secondary N) is 1. The van der Waals surface area contributed by atoms with Crippen molar-refractivity contribution in [3.05, 3.63) is 67.7 Å². The fourth-order valence-corrected chi connectivity index (χ4v) is 2.47. The zero-order valence-corrected chi connectivity index (χ0v) is 12.9. The summed E-state index contributed by atoms with van der Waals surface area (Å²) in [4.78, 5) is 10.5. The molecule has 1 N–H and O–H groups in total. The van der Waals surface area contributed by atoms with E-state index in [0.717, 1.165) is 5.69 Å². The lowest BCUT2D eigenvalue weighted by atomic mass is 10.1. The second-order valence-electron chi connectivity index (χ2n) is 4.66. The molecule has 0 bridgehead atoms. The van der Waals surface area contributed by atoms with Gasteiger partial charge in [0.2, 0.25) is 0 Å². The van der Waals surface area contributed by atoms with E-state index < -0.39 is 0 Å². The molecule has 0 amide bonds. The first kappa shape index (κ1) is 14.5. The number of anilines is 1. The van der Waals surface area contributed by atoms with Crippen molar-refractivity contribution in [1.82, 2.24) is 0 Å². The molecule has 0 aromatic heterocycles. The van der Waals surface area contributed by atoms with E-state index in [0.29, 0.717) is 16.6 Å². The lowest BCUT2D eigenvalue weighted by Crippen LogP contribution is -2.03. The van der Waals surface area contributed by atoms with Gasteiger partial charge in [-0.15, -0.1) is 0 Å². The second-order valence-corrected chi connectivity index (χ2v) is 5.51. The van der Waals surface area contributed by atoms with Crippen LogP contribution in [0.5, 0.6) is 0 Å². The Morgan fingerprint density at radius 2 is 1.90 bits per heavy atom. The van der Waals surface area contributed by atoms with Crippen LogP contribution in [-0.2, 0) is 6.54 Å². The van der Waals surface area contributed by atoms with Crippen molar-refractivity contribution in [3.8, 4) is 0 Å². The zero-order chi connectivity index (χ0) is 14.7. The maximum absolute atomic E-state index is 10.9. The summed E-state index contributed by atoms with van der Waals surface area (Å²) in [7, 11) is 0. The van der Waals surface area contributed by atoms with Crippen molar-refractivity contribution >= 4 is 27.3 Å². The quantitative estimate of drug-likeness (QED) is 0.657. The zero-order valence-electron chi connectivity index (χ0n) is 11.3. The Morgan fingerprint density at radius 1 is 1.20 bits per heavy atom. The number of rotatable bonds is 4. The number of halogens is 1. The minimum absolute atomic E-state index is 0.123. The predicted octanol–water partition coefficient (Wildman–Crippen LogP) is 4.59. The van der Waals surface area contributed by atoms with Gasteiger partial charge in [0, 0.05) is 28.3 Å². The summed E-state index contributed by atoms with van der Waals surface area (Å²) >= 11 is 3.37. The highest BCUT2D eigenvalue weighted by atomic mass is 79.9. The Hall–Kier alpha value is -1.88. The van der Waals surface area contributed by atoms with Crippen LogP contribution in [0.3, 0.4) is 0 Å². The fourth-order valence-electron chi connectivity index (χ4n) is 2.00. The van der Waals surface area contributed by atoms with E-state index in [-0.39, 0.29) is 10.6 Å². The Bertz CT molecular complexity index is 656. The molecule has 2 rings (SSSR count). The highest BCUT2D eigenvalue weighted by Gasteiger charge is 2.14. The van der Waals surface area contributed by atoms with E-state index in [4.69, 9.17) is 0 Å². The third kappa shape index (κ3) is 3.17. The standard InChI is InChI=1S/C15H15BrN2O2/c1-10-5-3-4-6-12(10)9-17-14-7-11(2)15(18(19)20)8-13(14)16/h3-8,17H,9H2,1-2H3. The van der Waals surface area contributed by atoms with Crippen LogP contribution < -0.4 is 5.32 Å². The summed E-state index contributed by atoms with van der Waals surface area (Å²) in [5.41, 5.74) is 4.05. The lowest BCUT2D eigenvalue weighted by molar-refractivity contribution is -0.385. The smallest absolute Gasteiger partial charge is 0.273 e. The largest absolute Gasteiger partial charge is 0.380 e. The van der Waals surface area contributed by atoms with Crippen LogP contribution in [0.4, 0.5) is 11.4 Å². The summed E-state index contributed by atoms with van der Waals surface area (Å²) in [6.45, 7) is 4.49. The van der Waals surface area contributed by atoms with Crippen molar-refractivity contribution in [2.24, 2.45) is 0 Å². The summed E-state index contributed by atoms with van der Waals surface area (Å²) in [5.74, 6) is 0. The molecular formula is C15H15BrN2O2. The van der Waals surface area contributed by atoms with E-state index in [2.05, 4.69) is 40.3 Å². The lowest BCUT2D eigenvalue weighted by Gasteiger charge is -2.11. The molecule has 0 aliphatic rings. The number of nitrogens with zero attached hydrogens (tertiary/aromatic N) is 1. The van der Waals surface area contributed by atoms with Crippen molar-refractivity contribution in [1.29, 1.82) is 0 Å². The monoisotopic (exact) mass is 334 g/mol. The summed E-state index contributed by atoms with van der Waals surface area (Å²) < 4.78 is 0.698. The van der Waals surface area contributed by atoms with E-state index in [1.807, 2.05) is 12.1 Å². The van der Waals surface area contributed by atoms with Gasteiger partial charge in [-0.2, -0.15) is 0 Å². The minimum Gasteiger partial charge on any atom is -0.380 e. The van der Waals surface area contributed by atoms with Crippen LogP contribution in [0.1, 0.15) is 16.7 Å². The molecule has 0 saturated heterocycles. The van der Waals surface area contributed by atoms with Crippen molar-refractivity contribution in [3.63, 3.8) is 0 Å². The SMILES string of the molecule is Cc1ccccc1CNc1cc(C)c([N+](=O)[O-])cc1Br. The average molecular weight is 335 g/mol. The van der Waals surface area contributed by atoms with Gasteiger partial charge in [0.05, 0.1) is 4.92 Å². The van der Waals surface area contributed by atoms with E-state index in [1.165, 1.54) is 17.2 Å². The Kier molecular flexibility index (Phi) is 4.39. The van der Waals surface area contributed by atoms with Crippen molar-refractivity contribution in [2.45, 2.75) is 20.4 Å². The van der Waals surface area contributed by atoms with Gasteiger partial charge < -0.3 is 5.32 Å². The van der Waals surface area contributed by atoms with Crippen LogP contribution >= 0.6 is 15.9 Å². The number of hydrogen-bond acceptors (Lipinski definition) is 3. The van der Waals surface area contributed by atoms with Gasteiger partial charge in [-0.25, -0.2) is 0 Å². The molecule has 0 atom stereocenters. The third-order valence-corrected chi connectivity index (χ3v) is 3.87. The van der Waals surface area contributed by atoms with E-state index in [1.54, 1.807) is 13.0 Å². The second kappa shape index (κ2) is 6.05. The van der Waals surface area contributed by atoms with Crippen molar-refractivity contribution in [2.75, 3.05) is 5.32 Å². The molecule has 0 fully saturated rings. The van der Waals surface area contributed by atoms with Gasteiger partial charge in [-0.05, 0) is 47.0 Å².